The van der Waals surface area contributed by atoms with Gasteiger partial charge in [-0.2, -0.15) is 5.26 Å². The number of nitrogens with one attached hydrogen (secondary N) is 1. The van der Waals surface area contributed by atoms with Gasteiger partial charge in [-0.05, 0) is 24.9 Å². The first-order valence-corrected chi connectivity index (χ1v) is 7.01. The molecule has 0 fully saturated rings. The van der Waals surface area contributed by atoms with Crippen LogP contribution in [0.5, 0.6) is 0 Å². The van der Waals surface area contributed by atoms with Crippen LogP contribution in [-0.4, -0.2) is 22.6 Å². The molecule has 0 aliphatic heterocycles. The van der Waals surface area contributed by atoms with E-state index in [4.69, 9.17) is 0 Å². The second-order valence-electron chi connectivity index (χ2n) is 4.80. The van der Waals surface area contributed by atoms with E-state index in [0.717, 1.165) is 31.5 Å². The standard InChI is InChI=1S/C16H20N4/c17-12-16(15-6-2-1-3-7-15)13-18-8-4-5-10-20-11-9-19-14-20/h1-3,6-7,9,11,14,16,18H,4-5,8,10,13H2. The van der Waals surface area contributed by atoms with E-state index >= 15 is 0 Å². The second-order valence-corrected chi connectivity index (χ2v) is 4.80. The monoisotopic (exact) mass is 268 g/mol. The van der Waals surface area contributed by atoms with E-state index in [2.05, 4.69) is 20.9 Å². The third-order valence-corrected chi connectivity index (χ3v) is 3.29. The molecule has 104 valence electrons. The van der Waals surface area contributed by atoms with Gasteiger partial charge in [0.05, 0.1) is 18.3 Å². The molecule has 0 radical (unpaired) electrons. The average Bonchev–Trinajstić information content (AvgIpc) is 3.01. The minimum atomic E-state index is -0.0650. The van der Waals surface area contributed by atoms with Crippen molar-refractivity contribution < 1.29 is 0 Å². The van der Waals surface area contributed by atoms with Crippen LogP contribution in [0.25, 0.3) is 0 Å². The van der Waals surface area contributed by atoms with Crippen LogP contribution < -0.4 is 5.32 Å². The molecule has 1 aromatic carbocycles. The average molecular weight is 268 g/mol. The fourth-order valence-corrected chi connectivity index (χ4v) is 2.13. The molecule has 1 unspecified atom stereocenters. The molecule has 2 aromatic rings. The maximum Gasteiger partial charge on any atom is 0.0945 e. The summed E-state index contributed by atoms with van der Waals surface area (Å²) in [5.41, 5.74) is 1.08. The molecular weight excluding hydrogens is 248 g/mol. The van der Waals surface area contributed by atoms with E-state index in [1.54, 1.807) is 6.20 Å². The molecule has 0 saturated heterocycles. The van der Waals surface area contributed by atoms with Gasteiger partial charge in [-0.1, -0.05) is 30.3 Å². The van der Waals surface area contributed by atoms with Crippen LogP contribution in [0.15, 0.2) is 49.1 Å². The van der Waals surface area contributed by atoms with Crippen molar-refractivity contribution in [3.63, 3.8) is 0 Å². The highest BCUT2D eigenvalue weighted by atomic mass is 15.0. The topological polar surface area (TPSA) is 53.6 Å². The first kappa shape index (κ1) is 14.3. The zero-order valence-corrected chi connectivity index (χ0v) is 11.6. The molecule has 0 amide bonds. The van der Waals surface area contributed by atoms with Gasteiger partial charge in [0.1, 0.15) is 0 Å². The van der Waals surface area contributed by atoms with Crippen molar-refractivity contribution in [2.24, 2.45) is 0 Å². The smallest absolute Gasteiger partial charge is 0.0945 e. The summed E-state index contributed by atoms with van der Waals surface area (Å²) in [7, 11) is 0. The maximum atomic E-state index is 9.21. The normalized spacial score (nSPS) is 11.9. The van der Waals surface area contributed by atoms with Crippen LogP contribution in [0.2, 0.25) is 0 Å². The van der Waals surface area contributed by atoms with Gasteiger partial charge in [-0.3, -0.25) is 0 Å². The minimum Gasteiger partial charge on any atom is -0.337 e. The van der Waals surface area contributed by atoms with E-state index in [1.807, 2.05) is 42.9 Å². The highest BCUT2D eigenvalue weighted by Crippen LogP contribution is 2.12. The first-order chi connectivity index (χ1) is 9.90. The number of aryl methyl sites for hydroxylation is 1. The van der Waals surface area contributed by atoms with Crippen molar-refractivity contribution in [3.8, 4) is 6.07 Å². The van der Waals surface area contributed by atoms with Crippen LogP contribution in [0.3, 0.4) is 0 Å². The molecular formula is C16H20N4. The Morgan fingerprint density at radius 1 is 1.25 bits per heavy atom. The van der Waals surface area contributed by atoms with Crippen molar-refractivity contribution in [2.45, 2.75) is 25.3 Å². The minimum absolute atomic E-state index is 0.0650. The molecule has 4 nitrogen and oxygen atoms in total. The number of rotatable bonds is 8. The van der Waals surface area contributed by atoms with Crippen molar-refractivity contribution in [3.05, 3.63) is 54.6 Å². The third-order valence-electron chi connectivity index (χ3n) is 3.29. The van der Waals surface area contributed by atoms with E-state index < -0.39 is 0 Å². The molecule has 0 aliphatic carbocycles. The lowest BCUT2D eigenvalue weighted by molar-refractivity contribution is 0.561. The third kappa shape index (κ3) is 4.52. The molecule has 1 N–H and O–H groups in total. The lowest BCUT2D eigenvalue weighted by atomic mass is 10.0. The summed E-state index contributed by atoms with van der Waals surface area (Å²) in [4.78, 5) is 4.02. The Morgan fingerprint density at radius 3 is 2.80 bits per heavy atom. The van der Waals surface area contributed by atoms with Crippen LogP contribution in [-0.2, 0) is 6.54 Å². The van der Waals surface area contributed by atoms with Gasteiger partial charge in [0.15, 0.2) is 0 Å². The Bertz CT molecular complexity index is 513. The molecule has 1 atom stereocenters. The molecule has 4 heteroatoms. The SMILES string of the molecule is N#CC(CNCCCCn1ccnc1)c1ccccc1. The molecule has 0 saturated carbocycles. The summed E-state index contributed by atoms with van der Waals surface area (Å²) in [5, 5.41) is 12.6. The summed E-state index contributed by atoms with van der Waals surface area (Å²) in [5.74, 6) is -0.0650. The highest BCUT2D eigenvalue weighted by Gasteiger charge is 2.08. The fraction of sp³-hybridized carbons (Fsp3) is 0.375. The second kappa shape index (κ2) is 8.13. The first-order valence-electron chi connectivity index (χ1n) is 7.01. The summed E-state index contributed by atoms with van der Waals surface area (Å²) >= 11 is 0. The molecule has 20 heavy (non-hydrogen) atoms. The lowest BCUT2D eigenvalue weighted by Crippen LogP contribution is -2.22. The molecule has 2 rings (SSSR count). The predicted molar refractivity (Wildman–Crippen MR) is 79.1 cm³/mol. The van der Waals surface area contributed by atoms with Gasteiger partial charge in [0, 0.05) is 25.5 Å². The van der Waals surface area contributed by atoms with Gasteiger partial charge >= 0.3 is 0 Å². The van der Waals surface area contributed by atoms with E-state index in [1.165, 1.54) is 0 Å². The number of nitrogens with zero attached hydrogens (tertiary/aromatic N) is 3. The van der Waals surface area contributed by atoms with Crippen LogP contribution in [0, 0.1) is 11.3 Å². The molecule has 0 bridgehead atoms. The van der Waals surface area contributed by atoms with Crippen molar-refractivity contribution in [1.29, 1.82) is 5.26 Å². The number of imidazole rings is 1. The zero-order chi connectivity index (χ0) is 14.0. The van der Waals surface area contributed by atoms with Gasteiger partial charge < -0.3 is 9.88 Å². The Hall–Kier alpha value is -2.12. The Labute approximate surface area is 120 Å². The highest BCUT2D eigenvalue weighted by molar-refractivity contribution is 5.24. The summed E-state index contributed by atoms with van der Waals surface area (Å²) in [6.07, 6.45) is 7.84. The lowest BCUT2D eigenvalue weighted by Gasteiger charge is -2.10. The number of hydrogen-bond acceptors (Lipinski definition) is 3. The van der Waals surface area contributed by atoms with E-state index in [0.29, 0.717) is 6.54 Å². The maximum absolute atomic E-state index is 9.21. The molecule has 1 aromatic heterocycles. The number of unbranched alkanes of at least 4 members (excludes halogenated alkanes) is 1. The quantitative estimate of drug-likeness (QED) is 0.749. The number of aromatic nitrogens is 2. The zero-order valence-electron chi connectivity index (χ0n) is 11.6. The van der Waals surface area contributed by atoms with Crippen molar-refractivity contribution in [2.75, 3.05) is 13.1 Å². The summed E-state index contributed by atoms with van der Waals surface area (Å²) in [6, 6.07) is 12.3. The largest absolute Gasteiger partial charge is 0.337 e. The van der Waals surface area contributed by atoms with E-state index in [9.17, 15) is 5.26 Å². The van der Waals surface area contributed by atoms with Crippen LogP contribution >= 0.6 is 0 Å². The predicted octanol–water partition coefficient (Wildman–Crippen LogP) is 2.56. The number of hydrogen-bond donors (Lipinski definition) is 1. The van der Waals surface area contributed by atoms with E-state index in [-0.39, 0.29) is 5.92 Å². The summed E-state index contributed by atoms with van der Waals surface area (Å²) in [6.45, 7) is 2.66. The number of benzene rings is 1. The Morgan fingerprint density at radius 2 is 2.10 bits per heavy atom. The Kier molecular flexibility index (Phi) is 5.81. The molecule has 0 spiro atoms. The molecule has 0 aliphatic rings. The van der Waals surface area contributed by atoms with Gasteiger partial charge in [-0.15, -0.1) is 0 Å². The van der Waals surface area contributed by atoms with Crippen molar-refractivity contribution in [1.82, 2.24) is 14.9 Å². The van der Waals surface area contributed by atoms with Crippen LogP contribution in [0.4, 0.5) is 0 Å². The van der Waals surface area contributed by atoms with Gasteiger partial charge in [-0.25, -0.2) is 4.98 Å². The fourth-order valence-electron chi connectivity index (χ4n) is 2.13. The number of nitriles is 1. The van der Waals surface area contributed by atoms with Crippen LogP contribution in [0.1, 0.15) is 24.3 Å². The van der Waals surface area contributed by atoms with Gasteiger partial charge in [0.2, 0.25) is 0 Å². The van der Waals surface area contributed by atoms with Crippen molar-refractivity contribution >= 4 is 0 Å². The Balaban J connectivity index is 1.61. The van der Waals surface area contributed by atoms with Gasteiger partial charge in [0.25, 0.3) is 0 Å². The molecule has 1 heterocycles. The summed E-state index contributed by atoms with van der Waals surface area (Å²) < 4.78 is 2.09.